The van der Waals surface area contributed by atoms with Crippen LogP contribution in [0.1, 0.15) is 48.2 Å². The minimum Gasteiger partial charge on any atom is -0.347 e. The van der Waals surface area contributed by atoms with E-state index in [9.17, 15) is 4.79 Å². The Morgan fingerprint density at radius 2 is 2.53 bits per heavy atom. The van der Waals surface area contributed by atoms with Gasteiger partial charge in [-0.2, -0.15) is 0 Å². The number of aromatic nitrogens is 1. The minimum absolute atomic E-state index is 0.0777. The highest BCUT2D eigenvalue weighted by Crippen LogP contribution is 2.16. The van der Waals surface area contributed by atoms with E-state index in [4.69, 9.17) is 5.73 Å². The second-order valence-corrected chi connectivity index (χ2v) is 5.96. The van der Waals surface area contributed by atoms with Gasteiger partial charge in [0.1, 0.15) is 10.7 Å². The molecule has 0 aromatic carbocycles. The third kappa shape index (κ3) is 3.75. The smallest absolute Gasteiger partial charge is 0.271 e. The van der Waals surface area contributed by atoms with Gasteiger partial charge < -0.3 is 16.0 Å². The molecule has 1 aliphatic heterocycles. The van der Waals surface area contributed by atoms with Crippen LogP contribution >= 0.6 is 11.3 Å². The summed E-state index contributed by atoms with van der Waals surface area (Å²) in [4.78, 5) is 18.8. The van der Waals surface area contributed by atoms with Crippen LogP contribution in [0.15, 0.2) is 5.38 Å². The molecular formula is C13H22N4OS. The summed E-state index contributed by atoms with van der Waals surface area (Å²) in [6.07, 6.45) is 2.19. The van der Waals surface area contributed by atoms with Crippen molar-refractivity contribution in [2.75, 3.05) is 19.6 Å². The molecule has 19 heavy (non-hydrogen) atoms. The van der Waals surface area contributed by atoms with Crippen LogP contribution in [0.25, 0.3) is 0 Å². The molecule has 2 atom stereocenters. The summed E-state index contributed by atoms with van der Waals surface area (Å²) in [5, 5.41) is 5.67. The fourth-order valence-electron chi connectivity index (χ4n) is 2.32. The van der Waals surface area contributed by atoms with Crippen LogP contribution in [0.2, 0.25) is 0 Å². The number of rotatable bonds is 4. The number of amides is 1. The van der Waals surface area contributed by atoms with Crippen molar-refractivity contribution in [2.24, 2.45) is 5.73 Å². The molecule has 2 rings (SSSR count). The summed E-state index contributed by atoms with van der Waals surface area (Å²) >= 11 is 1.45. The van der Waals surface area contributed by atoms with Crippen LogP contribution in [0.4, 0.5) is 0 Å². The van der Waals surface area contributed by atoms with Gasteiger partial charge in [-0.3, -0.25) is 4.79 Å². The Hall–Kier alpha value is -0.980. The number of nitrogens with zero attached hydrogens (tertiary/aromatic N) is 2. The van der Waals surface area contributed by atoms with Crippen molar-refractivity contribution in [3.63, 3.8) is 0 Å². The number of hydrogen-bond acceptors (Lipinski definition) is 5. The van der Waals surface area contributed by atoms with Gasteiger partial charge in [0.15, 0.2) is 0 Å². The number of nitrogens with two attached hydrogens (primary N) is 1. The number of piperidine rings is 1. The van der Waals surface area contributed by atoms with Crippen LogP contribution in [0.5, 0.6) is 0 Å². The van der Waals surface area contributed by atoms with Gasteiger partial charge in [-0.15, -0.1) is 11.3 Å². The Morgan fingerprint density at radius 3 is 3.16 bits per heavy atom. The van der Waals surface area contributed by atoms with E-state index in [1.54, 1.807) is 5.38 Å². The summed E-state index contributed by atoms with van der Waals surface area (Å²) in [6, 6.07) is 0.124. The summed E-state index contributed by atoms with van der Waals surface area (Å²) < 4.78 is 0. The van der Waals surface area contributed by atoms with Gasteiger partial charge in [0.2, 0.25) is 0 Å². The third-order valence-corrected chi connectivity index (χ3v) is 4.48. The average molecular weight is 282 g/mol. The van der Waals surface area contributed by atoms with Gasteiger partial charge in [0.05, 0.1) is 6.04 Å². The zero-order valence-electron chi connectivity index (χ0n) is 11.6. The highest BCUT2D eigenvalue weighted by atomic mass is 32.1. The molecule has 1 aromatic heterocycles. The summed E-state index contributed by atoms with van der Waals surface area (Å²) in [5.41, 5.74) is 6.25. The van der Waals surface area contributed by atoms with Gasteiger partial charge in [0.25, 0.3) is 5.91 Å². The fraction of sp³-hybridized carbons (Fsp3) is 0.692. The first kappa shape index (κ1) is 14.4. The maximum Gasteiger partial charge on any atom is 0.271 e. The molecule has 5 nitrogen and oxygen atoms in total. The first-order valence-corrected chi connectivity index (χ1v) is 7.72. The molecule has 1 fully saturated rings. The largest absolute Gasteiger partial charge is 0.347 e. The Morgan fingerprint density at radius 1 is 1.74 bits per heavy atom. The van der Waals surface area contributed by atoms with Crippen molar-refractivity contribution >= 4 is 17.2 Å². The molecule has 106 valence electrons. The molecule has 1 aromatic rings. The highest BCUT2D eigenvalue weighted by Gasteiger charge is 2.22. The molecule has 0 radical (unpaired) electrons. The first-order chi connectivity index (χ1) is 9.10. The number of likely N-dealkylation sites (N-methyl/N-ethyl adjacent to an activating group) is 1. The van der Waals surface area contributed by atoms with Crippen molar-refractivity contribution in [3.8, 4) is 0 Å². The predicted molar refractivity (Wildman–Crippen MR) is 77.3 cm³/mol. The quantitative estimate of drug-likeness (QED) is 0.875. The van der Waals surface area contributed by atoms with Crippen LogP contribution in [-0.2, 0) is 0 Å². The van der Waals surface area contributed by atoms with Crippen LogP contribution in [0, 0.1) is 0 Å². The molecule has 1 saturated heterocycles. The Bertz CT molecular complexity index is 432. The maximum absolute atomic E-state index is 12.1. The van der Waals surface area contributed by atoms with Gasteiger partial charge >= 0.3 is 0 Å². The second-order valence-electron chi connectivity index (χ2n) is 5.07. The van der Waals surface area contributed by atoms with Crippen molar-refractivity contribution in [3.05, 3.63) is 16.1 Å². The molecule has 3 N–H and O–H groups in total. The Labute approximate surface area is 118 Å². The topological polar surface area (TPSA) is 71.2 Å². The van der Waals surface area contributed by atoms with Gasteiger partial charge in [-0.05, 0) is 32.9 Å². The molecule has 2 heterocycles. The van der Waals surface area contributed by atoms with Gasteiger partial charge in [-0.1, -0.05) is 6.92 Å². The lowest BCUT2D eigenvalue weighted by molar-refractivity contribution is 0.0901. The normalized spacial score (nSPS) is 22.2. The van der Waals surface area contributed by atoms with Crippen molar-refractivity contribution < 1.29 is 4.79 Å². The van der Waals surface area contributed by atoms with E-state index in [2.05, 4.69) is 22.1 Å². The molecular weight excluding hydrogens is 260 g/mol. The summed E-state index contributed by atoms with van der Waals surface area (Å²) in [5.74, 6) is -0.0777. The number of thiazole rings is 1. The van der Waals surface area contributed by atoms with Gasteiger partial charge in [-0.25, -0.2) is 4.98 Å². The Balaban J connectivity index is 1.92. The number of nitrogens with one attached hydrogen (secondary N) is 1. The zero-order chi connectivity index (χ0) is 13.8. The first-order valence-electron chi connectivity index (χ1n) is 6.84. The molecule has 0 bridgehead atoms. The van der Waals surface area contributed by atoms with Crippen molar-refractivity contribution in [1.29, 1.82) is 0 Å². The minimum atomic E-state index is -0.114. The standard InChI is InChI=1S/C13H22N4OS/c1-3-17-6-4-5-10(7-17)15-12(18)11-8-19-13(16-11)9(2)14/h8-10H,3-7,14H2,1-2H3,(H,15,18). The molecule has 1 aliphatic rings. The van der Waals surface area contributed by atoms with E-state index in [1.165, 1.54) is 11.3 Å². The van der Waals surface area contributed by atoms with Crippen molar-refractivity contribution in [1.82, 2.24) is 15.2 Å². The van der Waals surface area contributed by atoms with E-state index in [0.29, 0.717) is 5.69 Å². The molecule has 1 amide bonds. The lowest BCUT2D eigenvalue weighted by Crippen LogP contribution is -2.47. The lowest BCUT2D eigenvalue weighted by atomic mass is 10.1. The summed E-state index contributed by atoms with van der Waals surface area (Å²) in [6.45, 7) is 7.14. The van der Waals surface area contributed by atoms with E-state index < -0.39 is 0 Å². The SMILES string of the molecule is CCN1CCCC(NC(=O)c2csc(C(C)N)n2)C1. The van der Waals surface area contributed by atoms with E-state index in [0.717, 1.165) is 37.5 Å². The summed E-state index contributed by atoms with van der Waals surface area (Å²) in [7, 11) is 0. The molecule has 0 aliphatic carbocycles. The number of carbonyl (C=O) groups excluding carboxylic acids is 1. The number of likely N-dealkylation sites (tertiary alicyclic amines) is 1. The molecule has 0 saturated carbocycles. The van der Waals surface area contributed by atoms with E-state index in [-0.39, 0.29) is 18.0 Å². The van der Waals surface area contributed by atoms with Crippen molar-refractivity contribution in [2.45, 2.75) is 38.8 Å². The Kier molecular flexibility index (Phi) is 4.90. The van der Waals surface area contributed by atoms with E-state index >= 15 is 0 Å². The van der Waals surface area contributed by atoms with E-state index in [1.807, 2.05) is 6.92 Å². The second kappa shape index (κ2) is 6.45. The fourth-order valence-corrected chi connectivity index (χ4v) is 3.08. The van der Waals surface area contributed by atoms with Crippen LogP contribution < -0.4 is 11.1 Å². The lowest BCUT2D eigenvalue weighted by Gasteiger charge is -2.32. The highest BCUT2D eigenvalue weighted by molar-refractivity contribution is 7.09. The number of hydrogen-bond donors (Lipinski definition) is 2. The molecule has 0 spiro atoms. The van der Waals surface area contributed by atoms with Crippen LogP contribution in [0.3, 0.4) is 0 Å². The van der Waals surface area contributed by atoms with Gasteiger partial charge in [0, 0.05) is 18.0 Å². The predicted octanol–water partition coefficient (Wildman–Crippen LogP) is 1.38. The third-order valence-electron chi connectivity index (χ3n) is 3.43. The average Bonchev–Trinajstić information content (AvgIpc) is 2.89. The molecule has 2 unspecified atom stereocenters. The maximum atomic E-state index is 12.1. The number of carbonyl (C=O) groups is 1. The molecule has 6 heteroatoms. The monoisotopic (exact) mass is 282 g/mol. The zero-order valence-corrected chi connectivity index (χ0v) is 12.4. The van der Waals surface area contributed by atoms with Crippen LogP contribution in [-0.4, -0.2) is 41.5 Å².